The van der Waals surface area contributed by atoms with Gasteiger partial charge in [0.05, 0.1) is 6.61 Å². The molecule has 4 nitrogen and oxygen atoms in total. The van der Waals surface area contributed by atoms with Crippen molar-refractivity contribution < 1.29 is 4.74 Å². The third kappa shape index (κ3) is 1.43. The van der Waals surface area contributed by atoms with Crippen molar-refractivity contribution in [2.45, 2.75) is 20.8 Å². The maximum absolute atomic E-state index is 5.22. The molecule has 4 heteroatoms. The van der Waals surface area contributed by atoms with Crippen LogP contribution >= 0.6 is 0 Å². The van der Waals surface area contributed by atoms with Crippen LogP contribution in [0.15, 0.2) is 11.1 Å². The molecule has 0 atom stereocenters. The van der Waals surface area contributed by atoms with E-state index in [2.05, 4.69) is 15.3 Å². The zero-order chi connectivity index (χ0) is 10.1. The third-order valence-corrected chi connectivity index (χ3v) is 1.98. The lowest BCUT2D eigenvalue weighted by atomic mass is 10.2. The number of rotatable bonds is 1. The number of pyridine rings is 1. The highest BCUT2D eigenvalue weighted by molar-refractivity contribution is 5.90. The number of hydrogen-bond donors (Lipinski definition) is 0. The fourth-order valence-electron chi connectivity index (χ4n) is 1.43. The lowest BCUT2D eigenvalue weighted by Gasteiger charge is -2.00. The Labute approximate surface area is 83.0 Å². The van der Waals surface area contributed by atoms with Gasteiger partial charge in [-0.2, -0.15) is 10.3 Å². The molecule has 2 rings (SSSR count). The summed E-state index contributed by atoms with van der Waals surface area (Å²) in [5.74, 6) is 0.672. The van der Waals surface area contributed by atoms with Crippen LogP contribution in [0.1, 0.15) is 18.2 Å². The van der Waals surface area contributed by atoms with Gasteiger partial charge in [0.1, 0.15) is 5.69 Å². The van der Waals surface area contributed by atoms with Gasteiger partial charge in [-0.25, -0.2) is 4.98 Å². The first kappa shape index (κ1) is 8.99. The SMILES string of the molecule is CCOC1=Nc2c(C)cc(C)nc2[N]1. The zero-order valence-corrected chi connectivity index (χ0v) is 8.53. The van der Waals surface area contributed by atoms with E-state index in [4.69, 9.17) is 4.74 Å². The van der Waals surface area contributed by atoms with Gasteiger partial charge in [-0.1, -0.05) is 0 Å². The second-order valence-electron chi connectivity index (χ2n) is 3.19. The molecule has 0 N–H and O–H groups in total. The van der Waals surface area contributed by atoms with Crippen LogP contribution in [0, 0.1) is 13.8 Å². The number of amidine groups is 1. The van der Waals surface area contributed by atoms with E-state index in [1.165, 1.54) is 0 Å². The molecule has 1 radical (unpaired) electrons. The van der Waals surface area contributed by atoms with E-state index in [0.29, 0.717) is 18.4 Å². The first-order valence-electron chi connectivity index (χ1n) is 4.62. The molecule has 2 heterocycles. The fraction of sp³-hybridized carbons (Fsp3) is 0.400. The lowest BCUT2D eigenvalue weighted by molar-refractivity contribution is 0.316. The Morgan fingerprint density at radius 2 is 2.14 bits per heavy atom. The Bertz CT molecular complexity index is 399. The van der Waals surface area contributed by atoms with Gasteiger partial charge in [-0.3, -0.25) is 0 Å². The summed E-state index contributed by atoms with van der Waals surface area (Å²) in [7, 11) is 0. The van der Waals surface area contributed by atoms with Crippen LogP contribution in [0.3, 0.4) is 0 Å². The second kappa shape index (κ2) is 3.29. The number of hydrogen-bond acceptors (Lipinski definition) is 3. The van der Waals surface area contributed by atoms with Crippen LogP contribution in [-0.2, 0) is 4.74 Å². The van der Waals surface area contributed by atoms with E-state index in [1.54, 1.807) is 0 Å². The first-order valence-corrected chi connectivity index (χ1v) is 4.62. The quantitative estimate of drug-likeness (QED) is 0.679. The van der Waals surface area contributed by atoms with Gasteiger partial charge in [0, 0.05) is 5.69 Å². The van der Waals surface area contributed by atoms with Crippen LogP contribution in [-0.4, -0.2) is 17.6 Å². The summed E-state index contributed by atoms with van der Waals surface area (Å²) in [4.78, 5) is 8.53. The smallest absolute Gasteiger partial charge is 0.319 e. The molecule has 1 aliphatic heterocycles. The maximum atomic E-state index is 5.22. The summed E-state index contributed by atoms with van der Waals surface area (Å²) in [6.07, 6.45) is 0. The van der Waals surface area contributed by atoms with Crippen molar-refractivity contribution in [3.8, 4) is 0 Å². The van der Waals surface area contributed by atoms with E-state index in [9.17, 15) is 0 Å². The third-order valence-electron chi connectivity index (χ3n) is 1.98. The van der Waals surface area contributed by atoms with Gasteiger partial charge >= 0.3 is 6.02 Å². The number of nitrogens with zero attached hydrogens (tertiary/aromatic N) is 3. The first-order chi connectivity index (χ1) is 6.70. The zero-order valence-electron chi connectivity index (χ0n) is 8.53. The molecule has 0 spiro atoms. The van der Waals surface area contributed by atoms with Crippen LogP contribution in [0.5, 0.6) is 0 Å². The van der Waals surface area contributed by atoms with Crippen molar-refractivity contribution in [3.05, 3.63) is 17.3 Å². The molecule has 0 saturated carbocycles. The summed E-state index contributed by atoms with van der Waals surface area (Å²) < 4.78 is 5.22. The molecule has 73 valence electrons. The van der Waals surface area contributed by atoms with Crippen molar-refractivity contribution in [2.24, 2.45) is 4.99 Å². The molecular weight excluding hydrogens is 178 g/mol. The molecule has 0 fully saturated rings. The van der Waals surface area contributed by atoms with Gasteiger partial charge in [0.15, 0.2) is 5.82 Å². The monoisotopic (exact) mass is 190 g/mol. The number of aliphatic imine (C=N–C) groups is 1. The van der Waals surface area contributed by atoms with Crippen molar-refractivity contribution in [1.29, 1.82) is 0 Å². The second-order valence-corrected chi connectivity index (χ2v) is 3.19. The normalized spacial score (nSPS) is 13.2. The molecule has 0 unspecified atom stereocenters. The van der Waals surface area contributed by atoms with Crippen molar-refractivity contribution in [1.82, 2.24) is 10.3 Å². The molecule has 0 amide bonds. The van der Waals surface area contributed by atoms with E-state index in [1.807, 2.05) is 26.8 Å². The Hall–Kier alpha value is -1.58. The molecular formula is C10H12N3O. The van der Waals surface area contributed by atoms with E-state index in [0.717, 1.165) is 16.9 Å². The summed E-state index contributed by atoms with van der Waals surface area (Å²) in [6.45, 7) is 6.43. The highest BCUT2D eigenvalue weighted by Crippen LogP contribution is 2.32. The minimum absolute atomic E-state index is 0.420. The topological polar surface area (TPSA) is 48.6 Å². The Morgan fingerprint density at radius 3 is 2.86 bits per heavy atom. The van der Waals surface area contributed by atoms with E-state index in [-0.39, 0.29) is 0 Å². The summed E-state index contributed by atoms with van der Waals surface area (Å²) in [5.41, 5.74) is 2.88. The number of aromatic nitrogens is 1. The lowest BCUT2D eigenvalue weighted by Crippen LogP contribution is -2.11. The van der Waals surface area contributed by atoms with Crippen molar-refractivity contribution in [3.63, 3.8) is 0 Å². The van der Waals surface area contributed by atoms with Gasteiger partial charge in [-0.05, 0) is 32.4 Å². The molecule has 1 aliphatic rings. The van der Waals surface area contributed by atoms with Crippen molar-refractivity contribution >= 4 is 17.5 Å². The van der Waals surface area contributed by atoms with Crippen LogP contribution in [0.2, 0.25) is 0 Å². The largest absolute Gasteiger partial charge is 0.464 e. The van der Waals surface area contributed by atoms with Crippen LogP contribution in [0.25, 0.3) is 0 Å². The molecule has 0 aromatic carbocycles. The summed E-state index contributed by atoms with van der Waals surface area (Å²) >= 11 is 0. The van der Waals surface area contributed by atoms with Crippen LogP contribution in [0.4, 0.5) is 11.5 Å². The van der Waals surface area contributed by atoms with Gasteiger partial charge in [-0.15, -0.1) is 0 Å². The average Bonchev–Trinajstić information content (AvgIpc) is 2.48. The standard InChI is InChI=1S/C10H12N3O/c1-4-14-10-12-8-6(2)5-7(3)11-9(8)13-10/h5H,4H2,1-3H3. The Kier molecular flexibility index (Phi) is 2.11. The van der Waals surface area contributed by atoms with Gasteiger partial charge < -0.3 is 4.74 Å². The molecule has 14 heavy (non-hydrogen) atoms. The number of aryl methyl sites for hydroxylation is 2. The van der Waals surface area contributed by atoms with Gasteiger partial charge in [0.25, 0.3) is 0 Å². The fourth-order valence-corrected chi connectivity index (χ4v) is 1.43. The molecule has 0 bridgehead atoms. The number of fused-ring (bicyclic) bond motifs is 1. The Balaban J connectivity index is 2.36. The van der Waals surface area contributed by atoms with E-state index >= 15 is 0 Å². The minimum Gasteiger partial charge on any atom is -0.464 e. The molecule has 0 saturated heterocycles. The number of ether oxygens (including phenoxy) is 1. The molecule has 1 aromatic heterocycles. The average molecular weight is 190 g/mol. The highest BCUT2D eigenvalue weighted by Gasteiger charge is 2.20. The minimum atomic E-state index is 0.420. The summed E-state index contributed by atoms with van der Waals surface area (Å²) in [6, 6.07) is 2.41. The van der Waals surface area contributed by atoms with Gasteiger partial charge in [0.2, 0.25) is 0 Å². The Morgan fingerprint density at radius 1 is 1.36 bits per heavy atom. The molecule has 0 aliphatic carbocycles. The summed E-state index contributed by atoms with van der Waals surface area (Å²) in [5, 5.41) is 4.18. The van der Waals surface area contributed by atoms with E-state index < -0.39 is 0 Å². The predicted octanol–water partition coefficient (Wildman–Crippen LogP) is 1.97. The highest BCUT2D eigenvalue weighted by atomic mass is 16.5. The molecule has 1 aromatic rings. The van der Waals surface area contributed by atoms with Crippen molar-refractivity contribution in [2.75, 3.05) is 6.61 Å². The maximum Gasteiger partial charge on any atom is 0.319 e. The predicted molar refractivity (Wildman–Crippen MR) is 54.2 cm³/mol. The van der Waals surface area contributed by atoms with Crippen LogP contribution < -0.4 is 5.32 Å².